The summed E-state index contributed by atoms with van der Waals surface area (Å²) in [6.45, 7) is 4.24. The first-order valence-electron chi connectivity index (χ1n) is 7.11. The summed E-state index contributed by atoms with van der Waals surface area (Å²) in [6.07, 6.45) is 7.35. The van der Waals surface area contributed by atoms with Crippen LogP contribution >= 0.6 is 0 Å². The summed E-state index contributed by atoms with van der Waals surface area (Å²) >= 11 is 0. The standard InChI is InChI=1S/C14H24N4O2/c1-3-4-5-7-16-14-17-10-12(11-18-14)13(19)15-8-6-9-20-2/h10-11H,3-9H2,1-2H3,(H,15,19)(H,16,17,18). The lowest BCUT2D eigenvalue weighted by molar-refractivity contribution is 0.0948. The zero-order chi connectivity index (χ0) is 14.6. The van der Waals surface area contributed by atoms with Crippen LogP contribution in [0.2, 0.25) is 0 Å². The van der Waals surface area contributed by atoms with Crippen molar-refractivity contribution < 1.29 is 9.53 Å². The first kappa shape index (κ1) is 16.4. The molecule has 0 radical (unpaired) electrons. The van der Waals surface area contributed by atoms with Crippen LogP contribution in [0.15, 0.2) is 12.4 Å². The predicted molar refractivity (Wildman–Crippen MR) is 78.9 cm³/mol. The van der Waals surface area contributed by atoms with Gasteiger partial charge in [0.25, 0.3) is 5.91 Å². The third kappa shape index (κ3) is 6.47. The van der Waals surface area contributed by atoms with Crippen molar-refractivity contribution in [2.24, 2.45) is 0 Å². The highest BCUT2D eigenvalue weighted by molar-refractivity contribution is 5.93. The van der Waals surface area contributed by atoms with Gasteiger partial charge in [0, 0.05) is 39.2 Å². The van der Waals surface area contributed by atoms with E-state index in [1.807, 2.05) is 0 Å². The molecular weight excluding hydrogens is 256 g/mol. The summed E-state index contributed by atoms with van der Waals surface area (Å²) in [7, 11) is 1.64. The Morgan fingerprint density at radius 2 is 1.95 bits per heavy atom. The van der Waals surface area contributed by atoms with Crippen LogP contribution in [0.3, 0.4) is 0 Å². The molecule has 0 atom stereocenters. The van der Waals surface area contributed by atoms with E-state index in [1.54, 1.807) is 19.5 Å². The van der Waals surface area contributed by atoms with Crippen LogP contribution in [0.5, 0.6) is 0 Å². The monoisotopic (exact) mass is 280 g/mol. The molecule has 0 spiro atoms. The number of carbonyl (C=O) groups is 1. The molecule has 2 N–H and O–H groups in total. The van der Waals surface area contributed by atoms with E-state index >= 15 is 0 Å². The predicted octanol–water partition coefficient (Wildman–Crippen LogP) is 1.84. The van der Waals surface area contributed by atoms with Gasteiger partial charge in [-0.25, -0.2) is 9.97 Å². The molecule has 6 heteroatoms. The summed E-state index contributed by atoms with van der Waals surface area (Å²) in [6, 6.07) is 0. The third-order valence-electron chi connectivity index (χ3n) is 2.79. The Hall–Kier alpha value is -1.69. The highest BCUT2D eigenvalue weighted by atomic mass is 16.5. The number of ether oxygens (including phenoxy) is 1. The largest absolute Gasteiger partial charge is 0.385 e. The van der Waals surface area contributed by atoms with E-state index in [4.69, 9.17) is 4.74 Å². The van der Waals surface area contributed by atoms with Crippen LogP contribution in [-0.2, 0) is 4.74 Å². The van der Waals surface area contributed by atoms with Gasteiger partial charge in [-0.05, 0) is 12.8 Å². The zero-order valence-electron chi connectivity index (χ0n) is 12.3. The van der Waals surface area contributed by atoms with Gasteiger partial charge in [0.2, 0.25) is 5.95 Å². The van der Waals surface area contributed by atoms with E-state index < -0.39 is 0 Å². The number of methoxy groups -OCH3 is 1. The molecule has 1 rings (SSSR count). The molecule has 0 aliphatic carbocycles. The van der Waals surface area contributed by atoms with E-state index in [-0.39, 0.29) is 5.91 Å². The van der Waals surface area contributed by atoms with Crippen molar-refractivity contribution in [2.75, 3.05) is 32.1 Å². The molecule has 0 aliphatic rings. The Bertz CT molecular complexity index is 381. The summed E-state index contributed by atoms with van der Waals surface area (Å²) in [5, 5.41) is 5.93. The van der Waals surface area contributed by atoms with Crippen LogP contribution in [0.25, 0.3) is 0 Å². The van der Waals surface area contributed by atoms with Crippen molar-refractivity contribution in [3.05, 3.63) is 18.0 Å². The van der Waals surface area contributed by atoms with Gasteiger partial charge < -0.3 is 15.4 Å². The molecule has 6 nitrogen and oxygen atoms in total. The lowest BCUT2D eigenvalue weighted by atomic mass is 10.2. The summed E-state index contributed by atoms with van der Waals surface area (Å²) in [5.41, 5.74) is 0.474. The van der Waals surface area contributed by atoms with E-state index in [1.165, 1.54) is 12.8 Å². The van der Waals surface area contributed by atoms with Crippen LogP contribution in [-0.4, -0.2) is 42.7 Å². The van der Waals surface area contributed by atoms with Gasteiger partial charge in [-0.3, -0.25) is 4.79 Å². The molecule has 0 bridgehead atoms. The van der Waals surface area contributed by atoms with Gasteiger partial charge in [-0.15, -0.1) is 0 Å². The smallest absolute Gasteiger partial charge is 0.254 e. The molecular formula is C14H24N4O2. The minimum absolute atomic E-state index is 0.154. The minimum Gasteiger partial charge on any atom is -0.385 e. The lowest BCUT2D eigenvalue weighted by Gasteiger charge is -2.06. The van der Waals surface area contributed by atoms with Gasteiger partial charge in [0.15, 0.2) is 0 Å². The van der Waals surface area contributed by atoms with E-state index in [0.717, 1.165) is 19.4 Å². The Kier molecular flexibility index (Phi) is 8.30. The van der Waals surface area contributed by atoms with E-state index in [0.29, 0.717) is 24.7 Å². The maximum absolute atomic E-state index is 11.8. The minimum atomic E-state index is -0.154. The normalized spacial score (nSPS) is 10.3. The number of aromatic nitrogens is 2. The quantitative estimate of drug-likeness (QED) is 0.640. The van der Waals surface area contributed by atoms with Crippen molar-refractivity contribution in [1.29, 1.82) is 0 Å². The fourth-order valence-electron chi connectivity index (χ4n) is 1.63. The fraction of sp³-hybridized carbons (Fsp3) is 0.643. The topological polar surface area (TPSA) is 76.1 Å². The molecule has 0 saturated heterocycles. The number of carbonyl (C=O) groups excluding carboxylic acids is 1. The second-order valence-electron chi connectivity index (χ2n) is 4.53. The van der Waals surface area contributed by atoms with Crippen molar-refractivity contribution in [2.45, 2.75) is 32.6 Å². The second kappa shape index (κ2) is 10.1. The maximum Gasteiger partial charge on any atom is 0.254 e. The number of amides is 1. The van der Waals surface area contributed by atoms with Crippen molar-refractivity contribution in [3.8, 4) is 0 Å². The van der Waals surface area contributed by atoms with Gasteiger partial charge in [-0.2, -0.15) is 0 Å². The molecule has 1 aromatic rings. The number of hydrogen-bond donors (Lipinski definition) is 2. The first-order chi connectivity index (χ1) is 9.77. The molecule has 20 heavy (non-hydrogen) atoms. The summed E-state index contributed by atoms with van der Waals surface area (Å²) < 4.78 is 4.92. The number of nitrogens with one attached hydrogen (secondary N) is 2. The van der Waals surface area contributed by atoms with Gasteiger partial charge >= 0.3 is 0 Å². The first-order valence-corrected chi connectivity index (χ1v) is 7.11. The van der Waals surface area contributed by atoms with Gasteiger partial charge in [0.1, 0.15) is 0 Å². The number of rotatable bonds is 10. The third-order valence-corrected chi connectivity index (χ3v) is 2.79. The Balaban J connectivity index is 2.31. The zero-order valence-corrected chi connectivity index (χ0v) is 12.3. The van der Waals surface area contributed by atoms with Crippen molar-refractivity contribution in [1.82, 2.24) is 15.3 Å². The molecule has 0 aromatic carbocycles. The maximum atomic E-state index is 11.8. The van der Waals surface area contributed by atoms with Crippen molar-refractivity contribution in [3.63, 3.8) is 0 Å². The van der Waals surface area contributed by atoms with Crippen LogP contribution in [0.4, 0.5) is 5.95 Å². The van der Waals surface area contributed by atoms with Crippen LogP contribution < -0.4 is 10.6 Å². The molecule has 0 saturated carbocycles. The highest BCUT2D eigenvalue weighted by Crippen LogP contribution is 2.01. The van der Waals surface area contributed by atoms with Crippen LogP contribution in [0, 0.1) is 0 Å². The second-order valence-corrected chi connectivity index (χ2v) is 4.53. The Morgan fingerprint density at radius 1 is 1.20 bits per heavy atom. The average Bonchev–Trinajstić information content (AvgIpc) is 2.48. The molecule has 0 aliphatic heterocycles. The van der Waals surface area contributed by atoms with Gasteiger partial charge in [0.05, 0.1) is 5.56 Å². The van der Waals surface area contributed by atoms with Gasteiger partial charge in [-0.1, -0.05) is 19.8 Å². The fourth-order valence-corrected chi connectivity index (χ4v) is 1.63. The Morgan fingerprint density at radius 3 is 2.60 bits per heavy atom. The molecule has 0 unspecified atom stereocenters. The van der Waals surface area contributed by atoms with Crippen LogP contribution in [0.1, 0.15) is 43.0 Å². The number of unbranched alkanes of at least 4 members (excludes halogenated alkanes) is 2. The molecule has 1 aromatic heterocycles. The molecule has 0 fully saturated rings. The van der Waals surface area contributed by atoms with E-state index in [2.05, 4.69) is 27.5 Å². The highest BCUT2D eigenvalue weighted by Gasteiger charge is 2.06. The SMILES string of the molecule is CCCCCNc1ncc(C(=O)NCCCOC)cn1. The molecule has 112 valence electrons. The Labute approximate surface area is 120 Å². The summed E-state index contributed by atoms with van der Waals surface area (Å²) in [4.78, 5) is 20.0. The van der Waals surface area contributed by atoms with E-state index in [9.17, 15) is 4.79 Å². The number of anilines is 1. The van der Waals surface area contributed by atoms with Crippen molar-refractivity contribution >= 4 is 11.9 Å². The summed E-state index contributed by atoms with van der Waals surface area (Å²) in [5.74, 6) is 0.413. The molecule has 1 heterocycles. The molecule has 1 amide bonds. The number of nitrogens with zero attached hydrogens (tertiary/aromatic N) is 2. The number of hydrogen-bond acceptors (Lipinski definition) is 5. The lowest BCUT2D eigenvalue weighted by Crippen LogP contribution is -2.25. The average molecular weight is 280 g/mol.